The number of hydrogen-bond donors (Lipinski definition) is 2. The Hall–Kier alpha value is -2.90. The first-order valence-corrected chi connectivity index (χ1v) is 8.62. The number of rotatable bonds is 4. The molecule has 0 unspecified atom stereocenters. The molecule has 0 aliphatic rings. The third-order valence-electron chi connectivity index (χ3n) is 3.92. The van der Waals surface area contributed by atoms with Gasteiger partial charge < -0.3 is 10.4 Å². The maximum atomic E-state index is 13.0. The highest BCUT2D eigenvalue weighted by Gasteiger charge is 2.21. The summed E-state index contributed by atoms with van der Waals surface area (Å²) in [4.78, 5) is 39.9. The first-order chi connectivity index (χ1) is 12.8. The first kappa shape index (κ1) is 18.9. The number of aromatic carboxylic acids is 1. The van der Waals surface area contributed by atoms with E-state index in [0.717, 1.165) is 0 Å². The van der Waals surface area contributed by atoms with Crippen molar-refractivity contribution in [2.75, 3.05) is 5.32 Å². The van der Waals surface area contributed by atoms with Gasteiger partial charge in [-0.15, -0.1) is 0 Å². The van der Waals surface area contributed by atoms with Gasteiger partial charge in [-0.25, -0.2) is 9.78 Å². The maximum absolute atomic E-state index is 13.0. The Morgan fingerprint density at radius 3 is 2.44 bits per heavy atom. The van der Waals surface area contributed by atoms with Crippen molar-refractivity contribution in [3.8, 4) is 0 Å². The lowest BCUT2D eigenvalue weighted by Gasteiger charge is -2.10. The number of halogens is 2. The molecule has 3 rings (SSSR count). The Kier molecular flexibility index (Phi) is 5.16. The van der Waals surface area contributed by atoms with Crippen LogP contribution >= 0.6 is 23.2 Å². The van der Waals surface area contributed by atoms with E-state index in [1.54, 1.807) is 19.1 Å². The van der Waals surface area contributed by atoms with Crippen molar-refractivity contribution in [3.63, 3.8) is 0 Å². The zero-order chi connectivity index (χ0) is 19.7. The Labute approximate surface area is 163 Å². The average molecular weight is 406 g/mol. The van der Waals surface area contributed by atoms with Crippen molar-refractivity contribution in [3.05, 3.63) is 57.8 Å². The van der Waals surface area contributed by atoms with Crippen molar-refractivity contribution in [2.24, 2.45) is 0 Å². The van der Waals surface area contributed by atoms with Crippen LogP contribution in [0.15, 0.2) is 36.7 Å². The number of aromatic nitrogens is 2. The minimum absolute atomic E-state index is 0.0169. The van der Waals surface area contributed by atoms with Gasteiger partial charge in [0.25, 0.3) is 5.91 Å². The van der Waals surface area contributed by atoms with Crippen LogP contribution in [0.25, 0.3) is 10.9 Å². The fraction of sp³-hybridized carbons (Fsp3) is 0.111. The molecule has 0 bridgehead atoms. The molecule has 0 radical (unpaired) electrons. The molecule has 0 saturated carbocycles. The number of anilines is 1. The van der Waals surface area contributed by atoms with Crippen molar-refractivity contribution in [1.82, 2.24) is 9.55 Å². The molecule has 0 fully saturated rings. The van der Waals surface area contributed by atoms with Gasteiger partial charge in [-0.3, -0.25) is 14.2 Å². The van der Waals surface area contributed by atoms with Crippen molar-refractivity contribution in [1.29, 1.82) is 0 Å². The number of fused-ring (bicyclic) bond motifs is 1. The number of carbonyl (C=O) groups excluding carboxylic acids is 2. The smallest absolute Gasteiger partial charge is 0.335 e. The molecule has 27 heavy (non-hydrogen) atoms. The molecule has 0 aliphatic heterocycles. The Bertz CT molecular complexity index is 1070. The van der Waals surface area contributed by atoms with Gasteiger partial charge in [-0.1, -0.05) is 30.1 Å². The van der Waals surface area contributed by atoms with E-state index in [4.69, 9.17) is 28.3 Å². The molecule has 3 aromatic rings. The van der Waals surface area contributed by atoms with Crippen LogP contribution in [0.1, 0.15) is 34.1 Å². The Morgan fingerprint density at radius 2 is 1.85 bits per heavy atom. The van der Waals surface area contributed by atoms with Crippen LogP contribution in [0.5, 0.6) is 0 Å². The molecule has 0 atom stereocenters. The minimum atomic E-state index is -1.20. The van der Waals surface area contributed by atoms with Crippen LogP contribution in [0.3, 0.4) is 0 Å². The molecular formula is C18H13Cl2N3O4. The Morgan fingerprint density at radius 1 is 1.19 bits per heavy atom. The topological polar surface area (TPSA) is 101 Å². The summed E-state index contributed by atoms with van der Waals surface area (Å²) in [5.74, 6) is -1.60. The fourth-order valence-electron chi connectivity index (χ4n) is 2.59. The summed E-state index contributed by atoms with van der Waals surface area (Å²) < 4.78 is 1.31. The molecule has 2 heterocycles. The molecule has 0 spiro atoms. The second kappa shape index (κ2) is 7.38. The molecule has 1 aromatic carbocycles. The number of carbonyl (C=O) groups is 3. The zero-order valence-electron chi connectivity index (χ0n) is 14.0. The summed E-state index contributed by atoms with van der Waals surface area (Å²) in [5.41, 5.74) is 0.361. The number of nitrogens with one attached hydrogen (secondary N) is 1. The third kappa shape index (κ3) is 3.51. The highest BCUT2D eigenvalue weighted by molar-refractivity contribution is 6.40. The normalized spacial score (nSPS) is 10.8. The molecule has 0 saturated heterocycles. The van der Waals surface area contributed by atoms with E-state index in [0.29, 0.717) is 23.1 Å². The summed E-state index contributed by atoms with van der Waals surface area (Å²) in [6.45, 7) is 1.72. The molecule has 7 nitrogen and oxygen atoms in total. The predicted molar refractivity (Wildman–Crippen MR) is 102 cm³/mol. The van der Waals surface area contributed by atoms with Gasteiger partial charge in [-0.2, -0.15) is 0 Å². The van der Waals surface area contributed by atoms with Gasteiger partial charge in [0.05, 0.1) is 26.7 Å². The molecule has 9 heteroatoms. The van der Waals surface area contributed by atoms with Gasteiger partial charge in [0.15, 0.2) is 0 Å². The lowest BCUT2D eigenvalue weighted by Crippen LogP contribution is -2.14. The fourth-order valence-corrected chi connectivity index (χ4v) is 3.23. The number of pyridine rings is 1. The highest BCUT2D eigenvalue weighted by Crippen LogP contribution is 2.30. The van der Waals surface area contributed by atoms with Crippen molar-refractivity contribution in [2.45, 2.75) is 13.3 Å². The summed E-state index contributed by atoms with van der Waals surface area (Å²) in [5, 5.41) is 12.2. The molecule has 138 valence electrons. The number of hydrogen-bond acceptors (Lipinski definition) is 4. The second-order valence-corrected chi connectivity index (χ2v) is 6.42. The zero-order valence-corrected chi connectivity index (χ0v) is 15.5. The molecule has 2 N–H and O–H groups in total. The first-order valence-electron chi connectivity index (χ1n) is 7.86. The van der Waals surface area contributed by atoms with E-state index in [1.807, 2.05) is 0 Å². The third-order valence-corrected chi connectivity index (χ3v) is 4.51. The number of carboxylic acids is 1. The van der Waals surface area contributed by atoms with Gasteiger partial charge in [0.2, 0.25) is 5.91 Å². The number of nitrogens with zero attached hydrogens (tertiary/aromatic N) is 2. The predicted octanol–water partition coefficient (Wildman–Crippen LogP) is 4.08. The summed E-state index contributed by atoms with van der Waals surface area (Å²) in [6, 6.07) is 5.59. The quantitative estimate of drug-likeness (QED) is 0.680. The highest BCUT2D eigenvalue weighted by atomic mass is 35.5. The molecular weight excluding hydrogens is 393 g/mol. The van der Waals surface area contributed by atoms with Gasteiger partial charge in [0.1, 0.15) is 5.82 Å². The molecule has 2 aromatic heterocycles. The SMILES string of the molecule is CCC(=O)Nc1nccc2c1ccn2C(=O)c1c(Cl)cc(C(=O)O)cc1Cl. The summed E-state index contributed by atoms with van der Waals surface area (Å²) in [6.07, 6.45) is 3.26. The number of amides is 1. The van der Waals surface area contributed by atoms with E-state index in [2.05, 4.69) is 10.3 Å². The van der Waals surface area contributed by atoms with E-state index >= 15 is 0 Å². The van der Waals surface area contributed by atoms with E-state index in [1.165, 1.54) is 29.1 Å². The van der Waals surface area contributed by atoms with Crippen LogP contribution in [0.2, 0.25) is 10.0 Å². The molecule has 0 aliphatic carbocycles. The van der Waals surface area contributed by atoms with Crippen LogP contribution in [0.4, 0.5) is 5.82 Å². The lowest BCUT2D eigenvalue weighted by molar-refractivity contribution is -0.115. The average Bonchev–Trinajstić information content (AvgIpc) is 3.05. The van der Waals surface area contributed by atoms with Crippen LogP contribution in [-0.4, -0.2) is 32.4 Å². The van der Waals surface area contributed by atoms with Crippen LogP contribution < -0.4 is 5.32 Å². The largest absolute Gasteiger partial charge is 0.478 e. The standard InChI is InChI=1S/C18H13Cl2N3O4/c1-2-14(24)22-16-10-4-6-23(13(10)3-5-21-16)17(25)15-11(19)7-9(18(26)27)8-12(15)20/h3-8H,2H2,1H3,(H,26,27)(H,21,22,24). The number of benzene rings is 1. The van der Waals surface area contributed by atoms with Crippen molar-refractivity contribution < 1.29 is 19.5 Å². The van der Waals surface area contributed by atoms with Gasteiger partial charge >= 0.3 is 5.97 Å². The van der Waals surface area contributed by atoms with Gasteiger partial charge in [0, 0.05) is 24.2 Å². The summed E-state index contributed by atoms with van der Waals surface area (Å²) >= 11 is 12.2. The van der Waals surface area contributed by atoms with Crippen LogP contribution in [-0.2, 0) is 4.79 Å². The van der Waals surface area contributed by atoms with E-state index in [-0.39, 0.29) is 27.1 Å². The monoisotopic (exact) mass is 405 g/mol. The van der Waals surface area contributed by atoms with Crippen molar-refractivity contribution >= 4 is 57.7 Å². The Balaban J connectivity index is 2.09. The van der Waals surface area contributed by atoms with E-state index in [9.17, 15) is 14.4 Å². The lowest BCUT2D eigenvalue weighted by atomic mass is 10.1. The van der Waals surface area contributed by atoms with E-state index < -0.39 is 11.9 Å². The molecule has 1 amide bonds. The maximum Gasteiger partial charge on any atom is 0.335 e. The summed E-state index contributed by atoms with van der Waals surface area (Å²) in [7, 11) is 0. The number of carboxylic acid groups (broad SMARTS) is 1. The van der Waals surface area contributed by atoms with Crippen LogP contribution in [0, 0.1) is 0 Å². The van der Waals surface area contributed by atoms with Gasteiger partial charge in [-0.05, 0) is 24.3 Å². The minimum Gasteiger partial charge on any atom is -0.478 e. The second-order valence-electron chi connectivity index (χ2n) is 5.61.